The van der Waals surface area contributed by atoms with Crippen molar-refractivity contribution in [1.82, 2.24) is 9.97 Å². The monoisotopic (exact) mass is 392 g/mol. The second kappa shape index (κ2) is 9.54. The van der Waals surface area contributed by atoms with Crippen molar-refractivity contribution >= 4 is 23.1 Å². The van der Waals surface area contributed by atoms with Gasteiger partial charge in [0.25, 0.3) is 5.91 Å². The molecule has 150 valence electrons. The molecule has 3 aromatic rings. The molecule has 3 rings (SSSR count). The molecule has 0 spiro atoms. The molecular formula is C22H24N4O3. The Kier molecular flexibility index (Phi) is 6.63. The Hall–Kier alpha value is -3.61. The first-order chi connectivity index (χ1) is 14.1. The third-order valence-corrected chi connectivity index (χ3v) is 3.85. The number of carbonyl (C=O) groups is 1. The number of nitrogens with zero attached hydrogens (tertiary/aromatic N) is 2. The molecule has 0 saturated carbocycles. The number of amides is 1. The lowest BCUT2D eigenvalue weighted by molar-refractivity contribution is 0.102. The zero-order chi connectivity index (χ0) is 20.6. The normalized spacial score (nSPS) is 10.5. The number of nitrogens with one attached hydrogen (secondary N) is 2. The predicted molar refractivity (Wildman–Crippen MR) is 113 cm³/mol. The molecule has 0 atom stereocenters. The van der Waals surface area contributed by atoms with Gasteiger partial charge in [0.1, 0.15) is 29.3 Å². The van der Waals surface area contributed by atoms with Crippen molar-refractivity contribution in [3.05, 3.63) is 66.6 Å². The minimum atomic E-state index is -0.352. The van der Waals surface area contributed by atoms with Gasteiger partial charge in [-0.15, -0.1) is 0 Å². The Morgan fingerprint density at radius 1 is 1.00 bits per heavy atom. The van der Waals surface area contributed by atoms with Crippen LogP contribution >= 0.6 is 0 Å². The standard InChI is InChI=1S/C22H24N4O3/c1-4-28-19-11-7-5-9-16(19)26-22(27)18-13-21(24-14-23-18)25-17-10-6-8-12-20(17)29-15(2)3/h5-15H,4H2,1-3H3,(H,26,27)(H,23,24,25). The van der Waals surface area contributed by atoms with Crippen molar-refractivity contribution < 1.29 is 14.3 Å². The zero-order valence-electron chi connectivity index (χ0n) is 16.7. The maximum absolute atomic E-state index is 12.7. The van der Waals surface area contributed by atoms with Crippen molar-refractivity contribution in [3.63, 3.8) is 0 Å². The molecule has 0 aliphatic rings. The highest BCUT2D eigenvalue weighted by Crippen LogP contribution is 2.28. The SMILES string of the molecule is CCOc1ccccc1NC(=O)c1cc(Nc2ccccc2OC(C)C)ncn1. The third-order valence-electron chi connectivity index (χ3n) is 3.85. The molecule has 0 aliphatic heterocycles. The summed E-state index contributed by atoms with van der Waals surface area (Å²) in [7, 11) is 0. The summed E-state index contributed by atoms with van der Waals surface area (Å²) in [6.45, 7) is 6.32. The van der Waals surface area contributed by atoms with E-state index in [1.165, 1.54) is 6.33 Å². The van der Waals surface area contributed by atoms with Crippen LogP contribution in [-0.2, 0) is 0 Å². The van der Waals surface area contributed by atoms with Crippen LogP contribution in [0, 0.1) is 0 Å². The number of aromatic nitrogens is 2. The summed E-state index contributed by atoms with van der Waals surface area (Å²) in [6, 6.07) is 16.4. The summed E-state index contributed by atoms with van der Waals surface area (Å²) in [5.41, 5.74) is 1.58. The molecule has 29 heavy (non-hydrogen) atoms. The van der Waals surface area contributed by atoms with Gasteiger partial charge in [-0.3, -0.25) is 4.79 Å². The van der Waals surface area contributed by atoms with Crippen molar-refractivity contribution in [2.75, 3.05) is 17.2 Å². The van der Waals surface area contributed by atoms with Gasteiger partial charge >= 0.3 is 0 Å². The Labute approximate surface area is 170 Å². The van der Waals surface area contributed by atoms with E-state index in [4.69, 9.17) is 9.47 Å². The van der Waals surface area contributed by atoms with Crippen LogP contribution < -0.4 is 20.1 Å². The molecule has 0 fully saturated rings. The number of carbonyl (C=O) groups excluding carboxylic acids is 1. The Bertz CT molecular complexity index is 976. The molecule has 1 amide bonds. The largest absolute Gasteiger partial charge is 0.492 e. The summed E-state index contributed by atoms with van der Waals surface area (Å²) >= 11 is 0. The maximum atomic E-state index is 12.7. The van der Waals surface area contributed by atoms with E-state index < -0.39 is 0 Å². The van der Waals surface area contributed by atoms with E-state index in [-0.39, 0.29) is 17.7 Å². The molecule has 0 bridgehead atoms. The highest BCUT2D eigenvalue weighted by molar-refractivity contribution is 6.04. The Balaban J connectivity index is 1.77. The molecule has 1 aromatic heterocycles. The van der Waals surface area contributed by atoms with Crippen molar-refractivity contribution in [2.24, 2.45) is 0 Å². The summed E-state index contributed by atoms with van der Waals surface area (Å²) in [6.07, 6.45) is 1.38. The van der Waals surface area contributed by atoms with Crippen molar-refractivity contribution in [2.45, 2.75) is 26.9 Å². The number of rotatable bonds is 8. The van der Waals surface area contributed by atoms with Gasteiger partial charge in [-0.05, 0) is 45.0 Å². The van der Waals surface area contributed by atoms with Gasteiger partial charge in [0, 0.05) is 6.07 Å². The minimum Gasteiger partial charge on any atom is -0.492 e. The first-order valence-electron chi connectivity index (χ1n) is 9.44. The topological polar surface area (TPSA) is 85.4 Å². The van der Waals surface area contributed by atoms with Crippen LogP contribution in [-0.4, -0.2) is 28.6 Å². The first kappa shape index (κ1) is 20.1. The van der Waals surface area contributed by atoms with Crippen LogP contribution in [0.2, 0.25) is 0 Å². The van der Waals surface area contributed by atoms with E-state index in [9.17, 15) is 4.79 Å². The summed E-state index contributed by atoms with van der Waals surface area (Å²) in [4.78, 5) is 21.0. The average molecular weight is 392 g/mol. The fourth-order valence-electron chi connectivity index (χ4n) is 2.65. The number of hydrogen-bond acceptors (Lipinski definition) is 6. The molecule has 0 radical (unpaired) electrons. The third kappa shape index (κ3) is 5.44. The average Bonchev–Trinajstić information content (AvgIpc) is 2.71. The molecule has 0 saturated heterocycles. The zero-order valence-corrected chi connectivity index (χ0v) is 16.7. The lowest BCUT2D eigenvalue weighted by atomic mass is 10.2. The lowest BCUT2D eigenvalue weighted by Gasteiger charge is -2.15. The maximum Gasteiger partial charge on any atom is 0.274 e. The Morgan fingerprint density at radius 2 is 1.69 bits per heavy atom. The van der Waals surface area contributed by atoms with Crippen LogP contribution in [0.15, 0.2) is 60.9 Å². The van der Waals surface area contributed by atoms with E-state index in [0.29, 0.717) is 29.6 Å². The molecule has 2 aromatic carbocycles. The highest BCUT2D eigenvalue weighted by Gasteiger charge is 2.13. The fraction of sp³-hybridized carbons (Fsp3) is 0.227. The van der Waals surface area contributed by atoms with Crippen LogP contribution in [0.4, 0.5) is 17.2 Å². The Morgan fingerprint density at radius 3 is 2.41 bits per heavy atom. The predicted octanol–water partition coefficient (Wildman–Crippen LogP) is 4.66. The van der Waals surface area contributed by atoms with Gasteiger partial charge in [0.15, 0.2) is 0 Å². The second-order valence-electron chi connectivity index (χ2n) is 6.46. The molecule has 0 unspecified atom stereocenters. The number of benzene rings is 2. The fourth-order valence-corrected chi connectivity index (χ4v) is 2.65. The molecular weight excluding hydrogens is 368 g/mol. The number of anilines is 3. The van der Waals surface area contributed by atoms with Gasteiger partial charge in [0.2, 0.25) is 0 Å². The van der Waals surface area contributed by atoms with Crippen LogP contribution in [0.1, 0.15) is 31.3 Å². The summed E-state index contributed by atoms with van der Waals surface area (Å²) < 4.78 is 11.4. The van der Waals surface area contributed by atoms with Gasteiger partial charge in [-0.1, -0.05) is 24.3 Å². The van der Waals surface area contributed by atoms with Crippen LogP contribution in [0.5, 0.6) is 11.5 Å². The van der Waals surface area contributed by atoms with E-state index >= 15 is 0 Å². The van der Waals surface area contributed by atoms with Gasteiger partial charge in [-0.2, -0.15) is 0 Å². The summed E-state index contributed by atoms with van der Waals surface area (Å²) in [5, 5.41) is 6.02. The van der Waals surface area contributed by atoms with E-state index in [1.54, 1.807) is 18.2 Å². The molecule has 2 N–H and O–H groups in total. The lowest BCUT2D eigenvalue weighted by Crippen LogP contribution is -2.15. The molecule has 0 aliphatic carbocycles. The second-order valence-corrected chi connectivity index (χ2v) is 6.46. The quantitative estimate of drug-likeness (QED) is 0.580. The molecule has 1 heterocycles. The number of hydrogen-bond donors (Lipinski definition) is 2. The van der Waals surface area contributed by atoms with Gasteiger partial charge < -0.3 is 20.1 Å². The number of ether oxygens (including phenoxy) is 2. The first-order valence-corrected chi connectivity index (χ1v) is 9.44. The smallest absolute Gasteiger partial charge is 0.274 e. The minimum absolute atomic E-state index is 0.0371. The van der Waals surface area contributed by atoms with Crippen LogP contribution in [0.3, 0.4) is 0 Å². The van der Waals surface area contributed by atoms with Gasteiger partial charge in [0.05, 0.1) is 24.1 Å². The summed E-state index contributed by atoms with van der Waals surface area (Å²) in [5.74, 6) is 1.45. The van der Waals surface area contributed by atoms with Gasteiger partial charge in [-0.25, -0.2) is 9.97 Å². The van der Waals surface area contributed by atoms with E-state index in [1.807, 2.05) is 57.2 Å². The van der Waals surface area contributed by atoms with Crippen molar-refractivity contribution in [1.29, 1.82) is 0 Å². The van der Waals surface area contributed by atoms with Crippen molar-refractivity contribution in [3.8, 4) is 11.5 Å². The van der Waals surface area contributed by atoms with Crippen LogP contribution in [0.25, 0.3) is 0 Å². The van der Waals surface area contributed by atoms with E-state index in [2.05, 4.69) is 20.6 Å². The molecule has 7 heteroatoms. The molecule has 7 nitrogen and oxygen atoms in total. The highest BCUT2D eigenvalue weighted by atomic mass is 16.5. The number of para-hydroxylation sites is 4. The van der Waals surface area contributed by atoms with E-state index in [0.717, 1.165) is 5.69 Å².